The Hall–Kier alpha value is -3.00. The monoisotopic (exact) mass is 449 g/mol. The van der Waals surface area contributed by atoms with E-state index in [2.05, 4.69) is 45.3 Å². The number of nitrogens with zero attached hydrogens (tertiary/aromatic N) is 5. The largest absolute Gasteiger partial charge is 0.463 e. The molecule has 5 rings (SSSR count). The highest BCUT2D eigenvalue weighted by atomic mass is 32.2. The SMILES string of the molecule is CC[C@@H](Sc1nnc(-c2cc3occc3n2C)n1-c1ccccc1C)C(=O)N1CCCC1. The zero-order valence-electron chi connectivity index (χ0n) is 18.6. The van der Waals surface area contributed by atoms with Gasteiger partial charge in [-0.3, -0.25) is 9.36 Å². The summed E-state index contributed by atoms with van der Waals surface area (Å²) in [6.45, 7) is 5.85. The molecule has 0 spiro atoms. The molecule has 8 heteroatoms. The van der Waals surface area contributed by atoms with E-state index in [-0.39, 0.29) is 11.2 Å². The van der Waals surface area contributed by atoms with Crippen molar-refractivity contribution < 1.29 is 9.21 Å². The number of furan rings is 1. The first-order chi connectivity index (χ1) is 15.6. The number of para-hydroxylation sites is 1. The Morgan fingerprint density at radius 2 is 1.97 bits per heavy atom. The summed E-state index contributed by atoms with van der Waals surface area (Å²) in [4.78, 5) is 15.1. The second-order valence-corrected chi connectivity index (χ2v) is 9.40. The maximum Gasteiger partial charge on any atom is 0.236 e. The number of hydrogen-bond acceptors (Lipinski definition) is 5. The third kappa shape index (κ3) is 3.52. The van der Waals surface area contributed by atoms with E-state index < -0.39 is 0 Å². The fourth-order valence-electron chi connectivity index (χ4n) is 4.39. The van der Waals surface area contributed by atoms with Gasteiger partial charge in [-0.1, -0.05) is 36.9 Å². The fraction of sp³-hybridized carbons (Fsp3) is 0.375. The van der Waals surface area contributed by atoms with E-state index in [1.54, 1.807) is 6.26 Å². The lowest BCUT2D eigenvalue weighted by atomic mass is 10.2. The molecule has 1 fully saturated rings. The highest BCUT2D eigenvalue weighted by Gasteiger charge is 2.29. The number of fused-ring (bicyclic) bond motifs is 1. The topological polar surface area (TPSA) is 69.1 Å². The summed E-state index contributed by atoms with van der Waals surface area (Å²) in [5.74, 6) is 0.937. The summed E-state index contributed by atoms with van der Waals surface area (Å²) >= 11 is 1.51. The molecular formula is C24H27N5O2S. The second-order valence-electron chi connectivity index (χ2n) is 8.23. The molecule has 0 bridgehead atoms. The molecule has 0 radical (unpaired) electrons. The van der Waals surface area contributed by atoms with E-state index in [1.165, 1.54) is 11.8 Å². The van der Waals surface area contributed by atoms with Crippen molar-refractivity contribution in [2.24, 2.45) is 7.05 Å². The number of aryl methyl sites for hydroxylation is 2. The van der Waals surface area contributed by atoms with Gasteiger partial charge in [0.1, 0.15) is 0 Å². The quantitative estimate of drug-likeness (QED) is 0.395. The average molecular weight is 450 g/mol. The smallest absolute Gasteiger partial charge is 0.236 e. The van der Waals surface area contributed by atoms with Crippen LogP contribution in [0.5, 0.6) is 0 Å². The molecule has 1 amide bonds. The van der Waals surface area contributed by atoms with E-state index in [1.807, 2.05) is 36.2 Å². The van der Waals surface area contributed by atoms with Crippen LogP contribution in [0.3, 0.4) is 0 Å². The van der Waals surface area contributed by atoms with Crippen molar-refractivity contribution in [3.05, 3.63) is 48.2 Å². The van der Waals surface area contributed by atoms with Crippen LogP contribution in [0.25, 0.3) is 28.3 Å². The molecule has 1 aliphatic heterocycles. The molecule has 166 valence electrons. The first kappa shape index (κ1) is 20.9. The van der Waals surface area contributed by atoms with E-state index in [0.29, 0.717) is 0 Å². The van der Waals surface area contributed by atoms with Gasteiger partial charge in [0.25, 0.3) is 0 Å². The van der Waals surface area contributed by atoms with Crippen molar-refractivity contribution in [3.63, 3.8) is 0 Å². The van der Waals surface area contributed by atoms with Gasteiger partial charge in [0.15, 0.2) is 16.6 Å². The van der Waals surface area contributed by atoms with Crippen LogP contribution in [0.1, 0.15) is 31.7 Å². The predicted molar refractivity (Wildman–Crippen MR) is 126 cm³/mol. The Morgan fingerprint density at radius 1 is 1.19 bits per heavy atom. The van der Waals surface area contributed by atoms with Crippen molar-refractivity contribution in [1.29, 1.82) is 0 Å². The lowest BCUT2D eigenvalue weighted by molar-refractivity contribution is -0.129. The number of amides is 1. The molecule has 1 saturated heterocycles. The molecular weight excluding hydrogens is 422 g/mol. The molecule has 7 nitrogen and oxygen atoms in total. The summed E-state index contributed by atoms with van der Waals surface area (Å²) in [5.41, 5.74) is 4.86. The van der Waals surface area contributed by atoms with Gasteiger partial charge >= 0.3 is 0 Å². The minimum atomic E-state index is -0.183. The van der Waals surface area contributed by atoms with Crippen molar-refractivity contribution >= 4 is 28.8 Å². The molecule has 0 N–H and O–H groups in total. The number of carbonyl (C=O) groups is 1. The van der Waals surface area contributed by atoms with E-state index in [9.17, 15) is 4.79 Å². The summed E-state index contributed by atoms with van der Waals surface area (Å²) in [7, 11) is 2.00. The zero-order chi connectivity index (χ0) is 22.2. The minimum Gasteiger partial charge on any atom is -0.463 e. The first-order valence-corrected chi connectivity index (χ1v) is 12.0. The van der Waals surface area contributed by atoms with Gasteiger partial charge in [-0.05, 0) is 37.8 Å². The number of thioether (sulfide) groups is 1. The van der Waals surface area contributed by atoms with E-state index in [0.717, 1.165) is 71.4 Å². The molecule has 0 unspecified atom stereocenters. The van der Waals surface area contributed by atoms with Gasteiger partial charge in [0.2, 0.25) is 5.91 Å². The van der Waals surface area contributed by atoms with Gasteiger partial charge in [0, 0.05) is 32.3 Å². The number of hydrogen-bond donors (Lipinski definition) is 0. The number of benzene rings is 1. The van der Waals surface area contributed by atoms with Crippen LogP contribution < -0.4 is 0 Å². The minimum absolute atomic E-state index is 0.183. The molecule has 32 heavy (non-hydrogen) atoms. The number of rotatable bonds is 6. The third-order valence-corrected chi connectivity index (χ3v) is 7.49. The number of carbonyl (C=O) groups excluding carboxylic acids is 1. The van der Waals surface area contributed by atoms with Crippen molar-refractivity contribution in [3.8, 4) is 17.2 Å². The maximum atomic E-state index is 13.1. The van der Waals surface area contributed by atoms with Gasteiger partial charge in [0.05, 0.1) is 28.4 Å². The van der Waals surface area contributed by atoms with Gasteiger partial charge in [-0.2, -0.15) is 0 Å². The maximum absolute atomic E-state index is 13.1. The Kier molecular flexibility index (Phi) is 5.55. The van der Waals surface area contributed by atoms with E-state index >= 15 is 0 Å². The number of likely N-dealkylation sites (tertiary alicyclic amines) is 1. The normalized spacial score (nSPS) is 15.0. The zero-order valence-corrected chi connectivity index (χ0v) is 19.4. The van der Waals surface area contributed by atoms with Crippen LogP contribution in [0.4, 0.5) is 0 Å². The highest BCUT2D eigenvalue weighted by molar-refractivity contribution is 8.00. The van der Waals surface area contributed by atoms with Gasteiger partial charge < -0.3 is 13.9 Å². The predicted octanol–water partition coefficient (Wildman–Crippen LogP) is 4.82. The van der Waals surface area contributed by atoms with Crippen LogP contribution in [-0.4, -0.2) is 48.5 Å². The van der Waals surface area contributed by atoms with E-state index in [4.69, 9.17) is 4.42 Å². The molecule has 4 aromatic rings. The Labute approximate surface area is 191 Å². The summed E-state index contributed by atoms with van der Waals surface area (Å²) in [6, 6.07) is 12.1. The van der Waals surface area contributed by atoms with Crippen molar-refractivity contribution in [1.82, 2.24) is 24.2 Å². The summed E-state index contributed by atoms with van der Waals surface area (Å²) in [5, 5.41) is 9.70. The van der Waals surface area contributed by atoms with Crippen molar-refractivity contribution in [2.45, 2.75) is 43.5 Å². The lowest BCUT2D eigenvalue weighted by Gasteiger charge is -2.22. The molecule has 0 saturated carbocycles. The molecule has 1 aromatic carbocycles. The Balaban J connectivity index is 1.60. The molecule has 4 heterocycles. The molecule has 1 atom stereocenters. The van der Waals surface area contributed by atoms with Gasteiger partial charge in [-0.25, -0.2) is 0 Å². The Bertz CT molecular complexity index is 1260. The number of aromatic nitrogens is 4. The second kappa shape index (κ2) is 8.50. The Morgan fingerprint density at radius 3 is 2.69 bits per heavy atom. The standard InChI is InChI=1S/C24H27N5O2S/c1-4-21(23(30)28-12-7-8-13-28)32-24-26-25-22(29(24)17-10-6-5-9-16(17)2)19-15-20-18(27(19)3)11-14-31-20/h5-6,9-11,14-15,21H,4,7-8,12-13H2,1-3H3/t21-/m1/s1. The summed E-state index contributed by atoms with van der Waals surface area (Å²) in [6.07, 6.45) is 4.61. The first-order valence-electron chi connectivity index (χ1n) is 11.1. The summed E-state index contributed by atoms with van der Waals surface area (Å²) < 4.78 is 9.76. The van der Waals surface area contributed by atoms with Crippen LogP contribution in [-0.2, 0) is 11.8 Å². The molecule has 1 aliphatic rings. The van der Waals surface area contributed by atoms with Crippen LogP contribution in [0.2, 0.25) is 0 Å². The third-order valence-electron chi connectivity index (χ3n) is 6.19. The van der Waals surface area contributed by atoms with Gasteiger partial charge in [-0.15, -0.1) is 10.2 Å². The highest BCUT2D eigenvalue weighted by Crippen LogP contribution is 2.35. The molecule has 0 aliphatic carbocycles. The van der Waals surface area contributed by atoms with Crippen molar-refractivity contribution in [2.75, 3.05) is 13.1 Å². The van der Waals surface area contributed by atoms with Crippen LogP contribution >= 0.6 is 11.8 Å². The lowest BCUT2D eigenvalue weighted by Crippen LogP contribution is -2.35. The van der Waals surface area contributed by atoms with Crippen LogP contribution in [0.15, 0.2) is 52.2 Å². The molecule has 3 aromatic heterocycles. The fourth-order valence-corrected chi connectivity index (χ4v) is 5.43. The van der Waals surface area contributed by atoms with Crippen LogP contribution in [0, 0.1) is 6.92 Å². The average Bonchev–Trinajstić information content (AvgIpc) is 3.58.